The van der Waals surface area contributed by atoms with Crippen LogP contribution >= 0.6 is 0 Å². The number of H-pyrrole nitrogens is 1. The van der Waals surface area contributed by atoms with Gasteiger partial charge in [0.2, 0.25) is 9.84 Å². The van der Waals surface area contributed by atoms with Crippen molar-refractivity contribution in [2.24, 2.45) is 5.41 Å². The van der Waals surface area contributed by atoms with E-state index in [-0.39, 0.29) is 33.3 Å². The summed E-state index contributed by atoms with van der Waals surface area (Å²) in [5.74, 6) is -1.31. The minimum atomic E-state index is -3.84. The maximum Gasteiger partial charge on any atom is 0.339 e. The number of aromatic nitrogens is 4. The van der Waals surface area contributed by atoms with Crippen molar-refractivity contribution in [3.05, 3.63) is 59.4 Å². The van der Waals surface area contributed by atoms with Crippen molar-refractivity contribution >= 4 is 27.0 Å². The van der Waals surface area contributed by atoms with Crippen LogP contribution in [0.2, 0.25) is 0 Å². The standard InChI is InChI=1S/C27H34N4O5S/c1-6-11-27(12-7-2)22(32)19(25(33)36-27)20(26(3,4)5)18-10-8-9-17(13-18)14-37(34,35)24-21-23(29-15-28-21)30-16-31-24/h8-10,13,15-16,20,32H,6-7,11-12,14H2,1-5H3,(H,28,29,30,31). The highest BCUT2D eigenvalue weighted by atomic mass is 32.2. The molecule has 2 aromatic heterocycles. The third-order valence-electron chi connectivity index (χ3n) is 6.78. The molecular formula is C27H34N4O5S. The summed E-state index contributed by atoms with van der Waals surface area (Å²) in [6, 6.07) is 7.14. The Kier molecular flexibility index (Phi) is 7.16. The van der Waals surface area contributed by atoms with Gasteiger partial charge < -0.3 is 14.8 Å². The molecule has 4 rings (SSSR count). The predicted octanol–water partition coefficient (Wildman–Crippen LogP) is 5.16. The summed E-state index contributed by atoms with van der Waals surface area (Å²) in [5, 5.41) is 11.3. The Balaban J connectivity index is 1.76. The van der Waals surface area contributed by atoms with Crippen molar-refractivity contribution in [2.45, 2.75) is 82.6 Å². The quantitative estimate of drug-likeness (QED) is 0.288. The summed E-state index contributed by atoms with van der Waals surface area (Å²) in [5.41, 5.74) is 0.587. The molecule has 1 aliphatic rings. The second kappa shape index (κ2) is 9.89. The van der Waals surface area contributed by atoms with Crippen LogP contribution in [0.15, 0.2) is 53.3 Å². The molecule has 3 heterocycles. The van der Waals surface area contributed by atoms with E-state index in [4.69, 9.17) is 4.74 Å². The highest BCUT2D eigenvalue weighted by Gasteiger charge is 2.51. The Morgan fingerprint density at radius 1 is 1.11 bits per heavy atom. The van der Waals surface area contributed by atoms with E-state index in [1.54, 1.807) is 18.2 Å². The van der Waals surface area contributed by atoms with E-state index in [1.165, 1.54) is 12.7 Å². The molecule has 0 aliphatic carbocycles. The molecule has 2 N–H and O–H groups in total. The first-order valence-electron chi connectivity index (χ1n) is 12.6. The molecule has 1 aliphatic heterocycles. The van der Waals surface area contributed by atoms with Gasteiger partial charge >= 0.3 is 5.97 Å². The van der Waals surface area contributed by atoms with Crippen molar-refractivity contribution in [3.63, 3.8) is 0 Å². The molecule has 9 nitrogen and oxygen atoms in total. The molecule has 0 saturated carbocycles. The van der Waals surface area contributed by atoms with Gasteiger partial charge in [0.1, 0.15) is 17.6 Å². The normalized spacial score (nSPS) is 16.8. The van der Waals surface area contributed by atoms with Crippen molar-refractivity contribution < 1.29 is 23.1 Å². The molecule has 0 bridgehead atoms. The minimum Gasteiger partial charge on any atom is -0.507 e. The molecule has 3 aromatic rings. The summed E-state index contributed by atoms with van der Waals surface area (Å²) in [7, 11) is -3.84. The number of hydrogen-bond acceptors (Lipinski definition) is 8. The van der Waals surface area contributed by atoms with Gasteiger partial charge in [-0.05, 0) is 29.4 Å². The zero-order chi connectivity index (χ0) is 27.0. The SMILES string of the molecule is CCCC1(CCC)OC(=O)C(C(c2cccc(CS(=O)(=O)c3ncnc4nc[nH]c34)c2)C(C)(C)C)=C1O. The molecule has 1 aromatic carbocycles. The molecule has 0 radical (unpaired) electrons. The van der Waals surface area contributed by atoms with Crippen LogP contribution in [0, 0.1) is 5.41 Å². The van der Waals surface area contributed by atoms with Crippen molar-refractivity contribution in [2.75, 3.05) is 0 Å². The first-order valence-corrected chi connectivity index (χ1v) is 14.2. The van der Waals surface area contributed by atoms with Gasteiger partial charge in [0.15, 0.2) is 16.3 Å². The number of fused-ring (bicyclic) bond motifs is 1. The number of sulfone groups is 1. The number of benzene rings is 1. The molecular weight excluding hydrogens is 492 g/mol. The molecule has 1 atom stereocenters. The third-order valence-corrected chi connectivity index (χ3v) is 8.39. The van der Waals surface area contributed by atoms with Crippen LogP contribution in [0.3, 0.4) is 0 Å². The van der Waals surface area contributed by atoms with Crippen LogP contribution in [0.4, 0.5) is 0 Å². The number of nitrogens with zero attached hydrogens (tertiary/aromatic N) is 3. The predicted molar refractivity (Wildman–Crippen MR) is 140 cm³/mol. The van der Waals surface area contributed by atoms with Crippen LogP contribution in [0.5, 0.6) is 0 Å². The summed E-state index contributed by atoms with van der Waals surface area (Å²) in [4.78, 5) is 28.1. The summed E-state index contributed by atoms with van der Waals surface area (Å²) >= 11 is 0. The molecule has 198 valence electrons. The van der Waals surface area contributed by atoms with Crippen LogP contribution in [-0.4, -0.2) is 45.0 Å². The number of carbonyl (C=O) groups excluding carboxylic acids is 1. The number of aromatic amines is 1. The lowest BCUT2D eigenvalue weighted by molar-refractivity contribution is -0.150. The number of aliphatic hydroxyl groups excluding tert-OH is 1. The number of nitrogens with one attached hydrogen (secondary N) is 1. The molecule has 0 fully saturated rings. The van der Waals surface area contributed by atoms with Crippen LogP contribution in [-0.2, 0) is 25.1 Å². The number of cyclic esters (lactones) is 1. The van der Waals surface area contributed by atoms with Crippen LogP contribution in [0.1, 0.15) is 77.3 Å². The van der Waals surface area contributed by atoms with Crippen molar-refractivity contribution in [3.8, 4) is 0 Å². The van der Waals surface area contributed by atoms with Gasteiger partial charge in [-0.25, -0.2) is 28.2 Å². The van der Waals surface area contributed by atoms with Gasteiger partial charge in [-0.1, -0.05) is 71.7 Å². The maximum absolute atomic E-state index is 13.3. The van der Waals surface area contributed by atoms with Gasteiger partial charge in [0.05, 0.1) is 17.7 Å². The lowest BCUT2D eigenvalue weighted by Gasteiger charge is -2.31. The number of esters is 1. The smallest absolute Gasteiger partial charge is 0.339 e. The number of imidazole rings is 1. The fourth-order valence-electron chi connectivity index (χ4n) is 5.38. The van der Waals surface area contributed by atoms with E-state index in [2.05, 4.69) is 19.9 Å². The first kappa shape index (κ1) is 26.8. The first-order chi connectivity index (χ1) is 17.4. The lowest BCUT2D eigenvalue weighted by Crippen LogP contribution is -2.31. The Hall–Kier alpha value is -3.27. The Morgan fingerprint density at radius 2 is 1.81 bits per heavy atom. The average molecular weight is 527 g/mol. The topological polar surface area (TPSA) is 135 Å². The molecule has 10 heteroatoms. The summed E-state index contributed by atoms with van der Waals surface area (Å²) < 4.78 is 32.5. The zero-order valence-electron chi connectivity index (χ0n) is 21.9. The second-order valence-corrected chi connectivity index (χ2v) is 12.6. The van der Waals surface area contributed by atoms with E-state index in [1.807, 2.05) is 40.7 Å². The number of aliphatic hydroxyl groups is 1. The Labute approximate surface area is 217 Å². The molecule has 0 spiro atoms. The summed E-state index contributed by atoms with van der Waals surface area (Å²) in [6.45, 7) is 9.96. The van der Waals surface area contributed by atoms with Gasteiger partial charge in [0, 0.05) is 5.92 Å². The molecule has 37 heavy (non-hydrogen) atoms. The van der Waals surface area contributed by atoms with Crippen molar-refractivity contribution in [1.29, 1.82) is 0 Å². The molecule has 0 saturated heterocycles. The van der Waals surface area contributed by atoms with E-state index < -0.39 is 32.7 Å². The zero-order valence-corrected chi connectivity index (χ0v) is 22.7. The number of hydrogen-bond donors (Lipinski definition) is 2. The van der Waals surface area contributed by atoms with E-state index in [0.29, 0.717) is 18.4 Å². The van der Waals surface area contributed by atoms with Crippen LogP contribution in [0.25, 0.3) is 11.2 Å². The third kappa shape index (κ3) is 4.99. The number of rotatable bonds is 9. The number of ether oxygens (including phenoxy) is 1. The Morgan fingerprint density at radius 3 is 2.46 bits per heavy atom. The van der Waals surface area contributed by atoms with E-state index in [0.717, 1.165) is 18.4 Å². The summed E-state index contributed by atoms with van der Waals surface area (Å²) in [6.07, 6.45) is 5.15. The van der Waals surface area contributed by atoms with Gasteiger partial charge in [-0.3, -0.25) is 0 Å². The average Bonchev–Trinajstić information content (AvgIpc) is 3.38. The fourth-order valence-corrected chi connectivity index (χ4v) is 6.80. The fraction of sp³-hybridized carbons (Fsp3) is 0.481. The molecule has 1 unspecified atom stereocenters. The van der Waals surface area contributed by atoms with Crippen molar-refractivity contribution in [1.82, 2.24) is 19.9 Å². The maximum atomic E-state index is 13.3. The van der Waals surface area contributed by atoms with E-state index >= 15 is 0 Å². The highest BCUT2D eigenvalue weighted by molar-refractivity contribution is 7.90. The Bertz CT molecular complexity index is 1450. The lowest BCUT2D eigenvalue weighted by atomic mass is 9.71. The van der Waals surface area contributed by atoms with Gasteiger partial charge in [-0.15, -0.1) is 0 Å². The largest absolute Gasteiger partial charge is 0.507 e. The number of carbonyl (C=O) groups is 1. The van der Waals surface area contributed by atoms with Gasteiger partial charge in [0.25, 0.3) is 0 Å². The molecule has 0 amide bonds. The second-order valence-electron chi connectivity index (χ2n) is 10.7. The van der Waals surface area contributed by atoms with Crippen LogP contribution < -0.4 is 0 Å². The van der Waals surface area contributed by atoms with E-state index in [9.17, 15) is 18.3 Å². The monoisotopic (exact) mass is 526 g/mol. The van der Waals surface area contributed by atoms with Gasteiger partial charge in [-0.2, -0.15) is 0 Å². The minimum absolute atomic E-state index is 0.00164. The highest BCUT2D eigenvalue weighted by Crippen LogP contribution is 2.49.